The molecule has 0 spiro atoms. The van der Waals surface area contributed by atoms with Gasteiger partial charge in [0.2, 0.25) is 0 Å². The smallest absolute Gasteiger partial charge is 0.193 e. The van der Waals surface area contributed by atoms with Crippen molar-refractivity contribution in [3.63, 3.8) is 0 Å². The summed E-state index contributed by atoms with van der Waals surface area (Å²) in [5, 5.41) is 0. The summed E-state index contributed by atoms with van der Waals surface area (Å²) in [6, 6.07) is 13.0. The fourth-order valence-electron chi connectivity index (χ4n) is 1.97. The molecule has 2 aromatic carbocycles. The Bertz CT molecular complexity index is 639. The van der Waals surface area contributed by atoms with Crippen molar-refractivity contribution in [2.45, 2.75) is 26.2 Å². The Morgan fingerprint density at radius 2 is 1.55 bits per heavy atom. The van der Waals surface area contributed by atoms with E-state index in [0.717, 1.165) is 4.47 Å². The Morgan fingerprint density at radius 1 is 1.00 bits per heavy atom. The van der Waals surface area contributed by atoms with Gasteiger partial charge in [-0.25, -0.2) is 0 Å². The minimum atomic E-state index is -0.00957. The molecule has 0 fully saturated rings. The molecule has 2 aromatic rings. The van der Waals surface area contributed by atoms with Gasteiger partial charge < -0.3 is 5.73 Å². The predicted octanol–water partition coefficient (Wildman–Crippen LogP) is 4.56. The van der Waals surface area contributed by atoms with Crippen LogP contribution in [0.3, 0.4) is 0 Å². The van der Waals surface area contributed by atoms with Crippen molar-refractivity contribution in [2.24, 2.45) is 0 Å². The monoisotopic (exact) mass is 331 g/mol. The van der Waals surface area contributed by atoms with Crippen molar-refractivity contribution in [1.82, 2.24) is 0 Å². The Labute approximate surface area is 128 Å². The van der Waals surface area contributed by atoms with E-state index >= 15 is 0 Å². The molecule has 2 nitrogen and oxygen atoms in total. The van der Waals surface area contributed by atoms with Gasteiger partial charge in [-0.15, -0.1) is 0 Å². The zero-order valence-corrected chi connectivity index (χ0v) is 13.5. The molecule has 0 radical (unpaired) electrons. The van der Waals surface area contributed by atoms with E-state index in [4.69, 9.17) is 5.73 Å². The summed E-state index contributed by atoms with van der Waals surface area (Å²) in [5.74, 6) is -0.00957. The largest absolute Gasteiger partial charge is 0.398 e. The second-order valence-corrected chi connectivity index (χ2v) is 6.75. The number of carbonyl (C=O) groups excluding carboxylic acids is 1. The first-order valence-corrected chi connectivity index (χ1v) is 7.28. The summed E-state index contributed by atoms with van der Waals surface area (Å²) < 4.78 is 0.803. The molecule has 0 aliphatic carbocycles. The topological polar surface area (TPSA) is 43.1 Å². The van der Waals surface area contributed by atoms with Gasteiger partial charge in [-0.3, -0.25) is 4.79 Å². The maximum Gasteiger partial charge on any atom is 0.193 e. The fourth-order valence-corrected chi connectivity index (χ4v) is 2.22. The second-order valence-electron chi connectivity index (χ2n) is 5.89. The van der Waals surface area contributed by atoms with Gasteiger partial charge in [0, 0.05) is 21.3 Å². The van der Waals surface area contributed by atoms with Crippen molar-refractivity contribution in [2.75, 3.05) is 5.73 Å². The molecule has 0 heterocycles. The van der Waals surface area contributed by atoms with Crippen LogP contribution in [-0.4, -0.2) is 5.78 Å². The Hall–Kier alpha value is -1.61. The number of hydrogen-bond acceptors (Lipinski definition) is 2. The zero-order valence-electron chi connectivity index (χ0n) is 11.9. The molecular weight excluding hydrogens is 314 g/mol. The van der Waals surface area contributed by atoms with E-state index in [1.165, 1.54) is 5.56 Å². The predicted molar refractivity (Wildman–Crippen MR) is 87.1 cm³/mol. The summed E-state index contributed by atoms with van der Waals surface area (Å²) >= 11 is 3.33. The van der Waals surface area contributed by atoms with Gasteiger partial charge in [0.15, 0.2) is 5.78 Å². The van der Waals surface area contributed by atoms with Gasteiger partial charge in [-0.2, -0.15) is 0 Å². The van der Waals surface area contributed by atoms with E-state index in [0.29, 0.717) is 16.8 Å². The molecule has 20 heavy (non-hydrogen) atoms. The highest BCUT2D eigenvalue weighted by Gasteiger charge is 2.15. The molecule has 0 unspecified atom stereocenters. The highest BCUT2D eigenvalue weighted by molar-refractivity contribution is 9.10. The average Bonchev–Trinajstić information content (AvgIpc) is 2.40. The number of nitrogen functional groups attached to an aromatic ring is 1. The first-order chi connectivity index (χ1) is 9.29. The van der Waals surface area contributed by atoms with Gasteiger partial charge in [0.1, 0.15) is 0 Å². The number of rotatable bonds is 2. The molecule has 0 aromatic heterocycles. The number of benzene rings is 2. The van der Waals surface area contributed by atoms with Crippen molar-refractivity contribution >= 4 is 27.4 Å². The van der Waals surface area contributed by atoms with Crippen molar-refractivity contribution in [3.8, 4) is 0 Å². The van der Waals surface area contributed by atoms with Crippen LogP contribution >= 0.6 is 15.9 Å². The van der Waals surface area contributed by atoms with E-state index in [1.54, 1.807) is 18.2 Å². The molecule has 0 amide bonds. The third kappa shape index (κ3) is 3.10. The molecule has 2 rings (SSSR count). The standard InChI is InChI=1S/C17H18BrNO/c1-17(2,3)13-7-4-11(5-8-13)16(20)12-6-9-14(18)15(19)10-12/h4-10H,19H2,1-3H3. The van der Waals surface area contributed by atoms with Crippen LogP contribution in [0.4, 0.5) is 5.69 Å². The van der Waals surface area contributed by atoms with Crippen LogP contribution in [0.5, 0.6) is 0 Å². The Kier molecular flexibility index (Phi) is 4.00. The quantitative estimate of drug-likeness (QED) is 0.647. The van der Waals surface area contributed by atoms with Crippen LogP contribution in [0, 0.1) is 0 Å². The third-order valence-corrected chi connectivity index (χ3v) is 3.99. The SMILES string of the molecule is CC(C)(C)c1ccc(C(=O)c2ccc(Br)c(N)c2)cc1. The van der Waals surface area contributed by atoms with Crippen LogP contribution in [0.15, 0.2) is 46.9 Å². The van der Waals surface area contributed by atoms with Crippen LogP contribution in [0.1, 0.15) is 42.3 Å². The van der Waals surface area contributed by atoms with Gasteiger partial charge >= 0.3 is 0 Å². The maximum absolute atomic E-state index is 12.4. The fraction of sp³-hybridized carbons (Fsp3) is 0.235. The first-order valence-electron chi connectivity index (χ1n) is 6.49. The van der Waals surface area contributed by atoms with Gasteiger partial charge in [0.05, 0.1) is 0 Å². The molecule has 3 heteroatoms. The maximum atomic E-state index is 12.4. The number of halogens is 1. The lowest BCUT2D eigenvalue weighted by Gasteiger charge is -2.19. The zero-order chi connectivity index (χ0) is 14.9. The highest BCUT2D eigenvalue weighted by atomic mass is 79.9. The molecule has 0 aliphatic rings. The van der Waals surface area contributed by atoms with E-state index in [-0.39, 0.29) is 11.2 Å². The van der Waals surface area contributed by atoms with Gasteiger partial charge in [0.25, 0.3) is 0 Å². The first kappa shape index (κ1) is 14.8. The molecule has 0 bridgehead atoms. The van der Waals surface area contributed by atoms with Crippen molar-refractivity contribution < 1.29 is 4.79 Å². The molecule has 0 saturated carbocycles. The summed E-state index contributed by atoms with van der Waals surface area (Å²) in [6.45, 7) is 6.46. The molecular formula is C17H18BrNO. The number of carbonyl (C=O) groups is 1. The van der Waals surface area contributed by atoms with Crippen molar-refractivity contribution in [3.05, 3.63) is 63.6 Å². The molecule has 2 N–H and O–H groups in total. The van der Waals surface area contributed by atoms with E-state index in [2.05, 4.69) is 36.7 Å². The number of ketones is 1. The minimum Gasteiger partial charge on any atom is -0.398 e. The summed E-state index contributed by atoms with van der Waals surface area (Å²) in [7, 11) is 0. The Balaban J connectivity index is 2.31. The van der Waals surface area contributed by atoms with Crippen molar-refractivity contribution in [1.29, 1.82) is 0 Å². The third-order valence-electron chi connectivity index (χ3n) is 3.27. The minimum absolute atomic E-state index is 0.00957. The van der Waals surface area contributed by atoms with Crippen LogP contribution in [-0.2, 0) is 5.41 Å². The lowest BCUT2D eigenvalue weighted by atomic mass is 9.86. The van der Waals surface area contributed by atoms with Crippen LogP contribution < -0.4 is 5.73 Å². The van der Waals surface area contributed by atoms with Gasteiger partial charge in [-0.1, -0.05) is 45.0 Å². The van der Waals surface area contributed by atoms with E-state index in [1.807, 2.05) is 24.3 Å². The highest BCUT2D eigenvalue weighted by Crippen LogP contribution is 2.24. The summed E-state index contributed by atoms with van der Waals surface area (Å²) in [4.78, 5) is 12.4. The Morgan fingerprint density at radius 3 is 2.05 bits per heavy atom. The molecule has 0 saturated heterocycles. The van der Waals surface area contributed by atoms with Crippen LogP contribution in [0.25, 0.3) is 0 Å². The van der Waals surface area contributed by atoms with Gasteiger partial charge in [-0.05, 0) is 45.1 Å². The molecule has 0 aliphatic heterocycles. The summed E-state index contributed by atoms with van der Waals surface area (Å²) in [6.07, 6.45) is 0. The lowest BCUT2D eigenvalue weighted by molar-refractivity contribution is 0.103. The van der Waals surface area contributed by atoms with E-state index in [9.17, 15) is 4.79 Å². The van der Waals surface area contributed by atoms with E-state index < -0.39 is 0 Å². The average molecular weight is 332 g/mol. The number of hydrogen-bond donors (Lipinski definition) is 1. The lowest BCUT2D eigenvalue weighted by Crippen LogP contribution is -2.11. The summed E-state index contributed by atoms with van der Waals surface area (Å²) in [5.41, 5.74) is 8.98. The van der Waals surface area contributed by atoms with Crippen LogP contribution in [0.2, 0.25) is 0 Å². The number of nitrogens with two attached hydrogens (primary N) is 1. The molecule has 104 valence electrons. The second kappa shape index (κ2) is 5.41. The number of anilines is 1. The normalized spacial score (nSPS) is 11.4. The molecule has 0 atom stereocenters.